The molecule has 0 aliphatic carbocycles. The fourth-order valence-corrected chi connectivity index (χ4v) is 4.15. The first-order chi connectivity index (χ1) is 20.7. The molecule has 0 aliphatic heterocycles. The molecule has 5 amide bonds. The summed E-state index contributed by atoms with van der Waals surface area (Å²) in [6.45, 7) is 5.87. The highest BCUT2D eigenvalue weighted by Gasteiger charge is 2.31. The third-order valence-electron chi connectivity index (χ3n) is 6.62. The minimum Gasteiger partial charge on any atom is -0.370 e. The van der Waals surface area contributed by atoms with Crippen LogP contribution in [0.4, 0.5) is 0 Å². The highest BCUT2D eigenvalue weighted by Crippen LogP contribution is 2.10. The molecule has 1 heterocycles. The first-order valence-corrected chi connectivity index (χ1v) is 14.7. The van der Waals surface area contributed by atoms with Gasteiger partial charge < -0.3 is 54.9 Å². The fourth-order valence-electron chi connectivity index (χ4n) is 4.15. The fraction of sp³-hybridized carbons (Fsp3) is 0.667. The second-order valence-corrected chi connectivity index (χ2v) is 11.1. The van der Waals surface area contributed by atoms with Crippen LogP contribution >= 0.6 is 0 Å². The molecule has 15 N–H and O–H groups in total. The summed E-state index contributed by atoms with van der Waals surface area (Å²) in [6.07, 6.45) is 5.36. The van der Waals surface area contributed by atoms with Crippen LogP contribution in [0.5, 0.6) is 0 Å². The number of imidazole rings is 1. The summed E-state index contributed by atoms with van der Waals surface area (Å²) < 4.78 is 0. The normalized spacial score (nSPS) is 14.4. The SMILES string of the molecule is CC(C)C[C@H](NC(=O)[C@H](CCCCN)NC(=O)[C@H](N)CCCN=C(N)N)C(=O)N[C@@H](Cc1cnc[nH]1)C(=O)N[C@H](C)C(N)=O. The second kappa shape index (κ2) is 19.8. The lowest BCUT2D eigenvalue weighted by Gasteiger charge is -2.27. The van der Waals surface area contributed by atoms with Crippen LogP contribution in [0.1, 0.15) is 65.0 Å². The number of primary amides is 1. The minimum absolute atomic E-state index is 0.0234. The van der Waals surface area contributed by atoms with Crippen LogP contribution in [0.25, 0.3) is 0 Å². The molecule has 0 aromatic carbocycles. The number of nitrogens with two attached hydrogens (primary N) is 5. The number of H-pyrrole nitrogens is 1. The molecule has 1 aromatic rings. The van der Waals surface area contributed by atoms with E-state index in [1.165, 1.54) is 19.4 Å². The van der Waals surface area contributed by atoms with E-state index in [1.54, 1.807) is 0 Å². The Labute approximate surface area is 257 Å². The van der Waals surface area contributed by atoms with Gasteiger partial charge in [0, 0.05) is 24.9 Å². The van der Waals surface area contributed by atoms with Crippen LogP contribution in [0.15, 0.2) is 17.5 Å². The number of carbonyl (C=O) groups is 5. The van der Waals surface area contributed by atoms with Crippen molar-refractivity contribution in [3.05, 3.63) is 18.2 Å². The number of amides is 5. The highest BCUT2D eigenvalue weighted by atomic mass is 16.2. The molecule has 0 radical (unpaired) electrons. The lowest BCUT2D eigenvalue weighted by molar-refractivity contribution is -0.134. The molecule has 0 saturated heterocycles. The van der Waals surface area contributed by atoms with E-state index in [2.05, 4.69) is 36.2 Å². The number of nitrogens with one attached hydrogen (secondary N) is 5. The van der Waals surface area contributed by atoms with E-state index >= 15 is 0 Å². The van der Waals surface area contributed by atoms with Crippen LogP contribution in [0.2, 0.25) is 0 Å². The van der Waals surface area contributed by atoms with Gasteiger partial charge >= 0.3 is 0 Å². The van der Waals surface area contributed by atoms with Gasteiger partial charge in [-0.15, -0.1) is 0 Å². The Morgan fingerprint density at radius 3 is 2.02 bits per heavy atom. The Morgan fingerprint density at radius 1 is 0.841 bits per heavy atom. The molecule has 248 valence electrons. The van der Waals surface area contributed by atoms with Gasteiger partial charge in [0.1, 0.15) is 24.2 Å². The van der Waals surface area contributed by atoms with Crippen molar-refractivity contribution in [3.63, 3.8) is 0 Å². The summed E-state index contributed by atoms with van der Waals surface area (Å²) in [4.78, 5) is 75.0. The third kappa shape index (κ3) is 14.8. The van der Waals surface area contributed by atoms with Crippen molar-refractivity contribution in [3.8, 4) is 0 Å². The van der Waals surface area contributed by atoms with Gasteiger partial charge in [-0.25, -0.2) is 4.98 Å². The number of rotatable bonds is 21. The standard InChI is InChI=1S/C27H50N12O5/c1-15(2)11-20(26(44)39-21(12-17-13-33-14-35-17)25(43)36-16(3)22(30)40)38-24(42)19(8-4-5-9-28)37-23(41)18(29)7-6-10-34-27(31)32/h13-16,18-21H,4-12,28-29H2,1-3H3,(H2,30,40)(H,33,35)(H,36,43)(H,37,41)(H,38,42)(H,39,44)(H4,31,32,34)/t16-,18-,19+,20+,21+/m1/s1. The molecule has 1 rings (SSSR count). The van der Waals surface area contributed by atoms with Crippen molar-refractivity contribution in [1.29, 1.82) is 0 Å². The molecule has 44 heavy (non-hydrogen) atoms. The van der Waals surface area contributed by atoms with Gasteiger partial charge in [-0.2, -0.15) is 0 Å². The van der Waals surface area contributed by atoms with E-state index in [0.29, 0.717) is 38.0 Å². The van der Waals surface area contributed by atoms with Crippen molar-refractivity contribution in [2.45, 2.75) is 95.9 Å². The molecular weight excluding hydrogens is 572 g/mol. The third-order valence-corrected chi connectivity index (χ3v) is 6.62. The van der Waals surface area contributed by atoms with Gasteiger partial charge in [0.05, 0.1) is 12.4 Å². The number of aromatic nitrogens is 2. The molecule has 0 spiro atoms. The molecule has 1 aromatic heterocycles. The monoisotopic (exact) mass is 622 g/mol. The molecule has 5 atom stereocenters. The van der Waals surface area contributed by atoms with Crippen molar-refractivity contribution >= 4 is 35.5 Å². The number of guanidine groups is 1. The molecule has 0 bridgehead atoms. The number of aliphatic imine (C=N–C) groups is 1. The average Bonchev–Trinajstić information content (AvgIpc) is 3.46. The van der Waals surface area contributed by atoms with Crippen LogP contribution in [-0.2, 0) is 30.4 Å². The number of nitrogens with zero attached hydrogens (tertiary/aromatic N) is 2. The van der Waals surface area contributed by atoms with Gasteiger partial charge in [-0.05, 0) is 57.9 Å². The summed E-state index contributed by atoms with van der Waals surface area (Å²) in [5.74, 6) is -3.21. The summed E-state index contributed by atoms with van der Waals surface area (Å²) in [5, 5.41) is 10.6. The predicted molar refractivity (Wildman–Crippen MR) is 165 cm³/mol. The van der Waals surface area contributed by atoms with Crippen LogP contribution < -0.4 is 49.9 Å². The summed E-state index contributed by atoms with van der Waals surface area (Å²) >= 11 is 0. The van der Waals surface area contributed by atoms with Crippen LogP contribution in [-0.4, -0.2) is 88.8 Å². The van der Waals surface area contributed by atoms with Gasteiger partial charge in [-0.3, -0.25) is 29.0 Å². The van der Waals surface area contributed by atoms with E-state index in [1.807, 2.05) is 13.8 Å². The molecule has 0 fully saturated rings. The maximum Gasteiger partial charge on any atom is 0.243 e. The van der Waals surface area contributed by atoms with Gasteiger partial charge in [0.25, 0.3) is 0 Å². The maximum atomic E-state index is 13.5. The summed E-state index contributed by atoms with van der Waals surface area (Å²) in [7, 11) is 0. The Morgan fingerprint density at radius 2 is 1.45 bits per heavy atom. The summed E-state index contributed by atoms with van der Waals surface area (Å²) in [5.41, 5.74) is 28.1. The molecule has 17 nitrogen and oxygen atoms in total. The van der Waals surface area contributed by atoms with E-state index in [-0.39, 0.29) is 37.6 Å². The molecule has 17 heteroatoms. The Balaban J connectivity index is 3.07. The zero-order chi connectivity index (χ0) is 33.2. The summed E-state index contributed by atoms with van der Waals surface area (Å²) in [6, 6.07) is -5.04. The van der Waals surface area contributed by atoms with E-state index in [4.69, 9.17) is 28.7 Å². The van der Waals surface area contributed by atoms with E-state index < -0.39 is 59.7 Å². The lowest BCUT2D eigenvalue weighted by Crippen LogP contribution is -2.59. The van der Waals surface area contributed by atoms with Crippen molar-refractivity contribution in [1.82, 2.24) is 31.2 Å². The molecular formula is C27H50N12O5. The van der Waals surface area contributed by atoms with Crippen LogP contribution in [0, 0.1) is 5.92 Å². The van der Waals surface area contributed by atoms with Gasteiger partial charge in [0.15, 0.2) is 5.96 Å². The zero-order valence-corrected chi connectivity index (χ0v) is 25.8. The molecule has 0 saturated carbocycles. The first-order valence-electron chi connectivity index (χ1n) is 14.7. The van der Waals surface area contributed by atoms with E-state index in [9.17, 15) is 24.0 Å². The average molecular weight is 623 g/mol. The van der Waals surface area contributed by atoms with Crippen molar-refractivity contribution in [2.75, 3.05) is 13.1 Å². The number of hydrogen-bond donors (Lipinski definition) is 10. The van der Waals surface area contributed by atoms with Crippen molar-refractivity contribution in [2.24, 2.45) is 39.6 Å². The lowest BCUT2D eigenvalue weighted by atomic mass is 10.0. The number of hydrogen-bond acceptors (Lipinski definition) is 9. The quantitative estimate of drug-likeness (QED) is 0.0375. The van der Waals surface area contributed by atoms with Gasteiger partial charge in [-0.1, -0.05) is 13.8 Å². The predicted octanol–water partition coefficient (Wildman–Crippen LogP) is -3.05. The number of carbonyl (C=O) groups excluding carboxylic acids is 5. The van der Waals surface area contributed by atoms with Crippen LogP contribution in [0.3, 0.4) is 0 Å². The maximum absolute atomic E-state index is 13.5. The Bertz CT molecular complexity index is 1090. The highest BCUT2D eigenvalue weighted by molar-refractivity contribution is 5.95. The smallest absolute Gasteiger partial charge is 0.243 e. The first kappa shape index (κ1) is 37.8. The zero-order valence-electron chi connectivity index (χ0n) is 25.8. The number of aromatic amines is 1. The Kier molecular flexibility index (Phi) is 17.0. The number of unbranched alkanes of at least 4 members (excludes halogenated alkanes) is 1. The largest absolute Gasteiger partial charge is 0.370 e. The minimum atomic E-state index is -1.12. The topological polar surface area (TPSA) is 305 Å². The Hall–Kier alpha value is -4.25. The van der Waals surface area contributed by atoms with E-state index in [0.717, 1.165) is 0 Å². The second-order valence-electron chi connectivity index (χ2n) is 11.1. The van der Waals surface area contributed by atoms with Crippen molar-refractivity contribution < 1.29 is 24.0 Å². The van der Waals surface area contributed by atoms with Gasteiger partial charge in [0.2, 0.25) is 29.5 Å². The molecule has 0 unspecified atom stereocenters. The molecule has 0 aliphatic rings.